The zero-order chi connectivity index (χ0) is 20.3. The second kappa shape index (κ2) is 8.80. The van der Waals surface area contributed by atoms with Gasteiger partial charge in [0, 0.05) is 35.1 Å². The van der Waals surface area contributed by atoms with Crippen molar-refractivity contribution in [2.45, 2.75) is 33.1 Å². The van der Waals surface area contributed by atoms with Gasteiger partial charge >= 0.3 is 11.8 Å². The van der Waals surface area contributed by atoms with Gasteiger partial charge in [-0.3, -0.25) is 9.59 Å². The number of nitrogens with one attached hydrogen (secondary N) is 1. The third-order valence-electron chi connectivity index (χ3n) is 4.83. The first kappa shape index (κ1) is 20.4. The highest BCUT2D eigenvalue weighted by molar-refractivity contribution is 6.36. The third-order valence-corrected chi connectivity index (χ3v) is 5.37. The molecule has 2 aromatic rings. The smallest absolute Gasteiger partial charge is 0.329 e. The highest BCUT2D eigenvalue weighted by atomic mass is 35.5. The van der Waals surface area contributed by atoms with Crippen LogP contribution in [0.4, 0.5) is 0 Å². The molecule has 148 valence electrons. The third kappa shape index (κ3) is 4.39. The molecule has 3 rings (SSSR count). The number of carbonyl (C=O) groups is 2. The van der Waals surface area contributed by atoms with Crippen molar-refractivity contribution in [2.75, 3.05) is 13.1 Å². The minimum atomic E-state index is -0.715. The summed E-state index contributed by atoms with van der Waals surface area (Å²) in [7, 11) is 0. The number of hydrogen-bond donors (Lipinski definition) is 1. The number of piperidine rings is 1. The molecule has 1 aromatic carbocycles. The number of hydrogen-bond acceptors (Lipinski definition) is 3. The number of carbonyl (C=O) groups excluding carboxylic acids is 2. The van der Waals surface area contributed by atoms with Crippen LogP contribution in [0.3, 0.4) is 0 Å². The summed E-state index contributed by atoms with van der Waals surface area (Å²) >= 11 is 12.3. The van der Waals surface area contributed by atoms with Gasteiger partial charge < -0.3 is 9.47 Å². The molecule has 0 spiro atoms. The van der Waals surface area contributed by atoms with Crippen LogP contribution >= 0.6 is 23.2 Å². The van der Waals surface area contributed by atoms with Gasteiger partial charge in [0.15, 0.2) is 0 Å². The number of aromatic nitrogens is 1. The van der Waals surface area contributed by atoms with Gasteiger partial charge in [-0.05, 0) is 57.4 Å². The molecular weight excluding hydrogens is 399 g/mol. The first-order chi connectivity index (χ1) is 13.4. The molecule has 0 atom stereocenters. The van der Waals surface area contributed by atoms with E-state index in [9.17, 15) is 9.59 Å². The van der Waals surface area contributed by atoms with Crippen molar-refractivity contribution in [1.29, 1.82) is 0 Å². The molecule has 8 heteroatoms. The van der Waals surface area contributed by atoms with Crippen molar-refractivity contribution < 1.29 is 9.59 Å². The van der Waals surface area contributed by atoms with Gasteiger partial charge in [-0.2, -0.15) is 5.10 Å². The predicted molar refractivity (Wildman–Crippen MR) is 111 cm³/mol. The lowest BCUT2D eigenvalue weighted by Gasteiger charge is -2.25. The van der Waals surface area contributed by atoms with Crippen LogP contribution in [0.15, 0.2) is 29.4 Å². The summed E-state index contributed by atoms with van der Waals surface area (Å²) in [6.07, 6.45) is 4.49. The van der Waals surface area contributed by atoms with Crippen LogP contribution in [-0.2, 0) is 9.59 Å². The van der Waals surface area contributed by atoms with Crippen LogP contribution in [0, 0.1) is 13.8 Å². The van der Waals surface area contributed by atoms with Crippen molar-refractivity contribution >= 4 is 41.2 Å². The first-order valence-corrected chi connectivity index (χ1v) is 9.90. The van der Waals surface area contributed by atoms with Crippen molar-refractivity contribution in [3.63, 3.8) is 0 Å². The Balaban J connectivity index is 1.72. The summed E-state index contributed by atoms with van der Waals surface area (Å²) < 4.78 is 1.99. The van der Waals surface area contributed by atoms with E-state index in [1.54, 1.807) is 17.0 Å². The molecule has 1 aromatic heterocycles. The maximum atomic E-state index is 12.1. The van der Waals surface area contributed by atoms with E-state index in [1.165, 1.54) is 6.21 Å². The average Bonchev–Trinajstić information content (AvgIpc) is 2.95. The summed E-state index contributed by atoms with van der Waals surface area (Å²) in [4.78, 5) is 25.7. The Labute approximate surface area is 174 Å². The Bertz CT molecular complexity index is 931. The Hall–Kier alpha value is -2.31. The number of hydrazone groups is 1. The summed E-state index contributed by atoms with van der Waals surface area (Å²) in [5, 5.41) is 5.07. The van der Waals surface area contributed by atoms with E-state index in [-0.39, 0.29) is 0 Å². The molecule has 28 heavy (non-hydrogen) atoms. The molecule has 0 aliphatic carbocycles. The van der Waals surface area contributed by atoms with E-state index in [0.29, 0.717) is 23.1 Å². The summed E-state index contributed by atoms with van der Waals surface area (Å²) in [5.74, 6) is -1.25. The molecule has 0 radical (unpaired) electrons. The van der Waals surface area contributed by atoms with Crippen molar-refractivity contribution in [2.24, 2.45) is 5.10 Å². The maximum absolute atomic E-state index is 12.1. The quantitative estimate of drug-likeness (QED) is 0.465. The topological polar surface area (TPSA) is 66.7 Å². The van der Waals surface area contributed by atoms with Crippen molar-refractivity contribution in [3.8, 4) is 5.69 Å². The number of aryl methyl sites for hydroxylation is 1. The Kier molecular flexibility index (Phi) is 6.42. The zero-order valence-corrected chi connectivity index (χ0v) is 17.3. The monoisotopic (exact) mass is 420 g/mol. The fraction of sp³-hybridized carbons (Fsp3) is 0.350. The lowest BCUT2D eigenvalue weighted by atomic mass is 10.1. The Morgan fingerprint density at radius 3 is 2.50 bits per heavy atom. The van der Waals surface area contributed by atoms with Gasteiger partial charge in [-0.1, -0.05) is 23.2 Å². The standard InChI is InChI=1S/C20H22Cl2N4O2/c1-13-10-15(14(2)26(13)18-7-6-16(21)11-17(18)22)12-23-24-19(27)20(28)25-8-4-3-5-9-25/h6-7,10-12H,3-5,8-9H2,1-2H3,(H,24,27)/b23-12-. The molecule has 1 aliphatic rings. The van der Waals surface area contributed by atoms with Gasteiger partial charge in [-0.15, -0.1) is 0 Å². The number of halogens is 2. The van der Waals surface area contributed by atoms with Gasteiger partial charge in [0.25, 0.3) is 0 Å². The van der Waals surface area contributed by atoms with E-state index in [0.717, 1.165) is 41.9 Å². The van der Waals surface area contributed by atoms with Gasteiger partial charge in [0.05, 0.1) is 16.9 Å². The van der Waals surface area contributed by atoms with Gasteiger partial charge in [0.2, 0.25) is 0 Å². The van der Waals surface area contributed by atoms with E-state index < -0.39 is 11.8 Å². The molecular formula is C20H22Cl2N4O2. The number of likely N-dealkylation sites (tertiary alicyclic amines) is 1. The van der Waals surface area contributed by atoms with Crippen molar-refractivity contribution in [1.82, 2.24) is 14.9 Å². The molecule has 1 N–H and O–H groups in total. The van der Waals surface area contributed by atoms with Gasteiger partial charge in [0.1, 0.15) is 0 Å². The maximum Gasteiger partial charge on any atom is 0.329 e. The largest absolute Gasteiger partial charge is 0.334 e. The lowest BCUT2D eigenvalue weighted by molar-refractivity contribution is -0.146. The second-order valence-corrected chi connectivity index (χ2v) is 7.65. The van der Waals surface area contributed by atoms with E-state index in [2.05, 4.69) is 10.5 Å². The van der Waals surface area contributed by atoms with Crippen LogP contribution in [0.2, 0.25) is 10.0 Å². The average molecular weight is 421 g/mol. The molecule has 6 nitrogen and oxygen atoms in total. The normalized spacial score (nSPS) is 14.5. The molecule has 0 unspecified atom stereocenters. The van der Waals surface area contributed by atoms with Crippen molar-refractivity contribution in [3.05, 3.63) is 51.3 Å². The highest BCUT2D eigenvalue weighted by Gasteiger charge is 2.22. The minimum absolute atomic E-state index is 0.532. The highest BCUT2D eigenvalue weighted by Crippen LogP contribution is 2.28. The Morgan fingerprint density at radius 2 is 1.82 bits per heavy atom. The SMILES string of the molecule is Cc1cc(/C=N\NC(=O)C(=O)N2CCCCC2)c(C)n1-c1ccc(Cl)cc1Cl. The minimum Gasteiger partial charge on any atom is -0.334 e. The molecule has 1 fully saturated rings. The predicted octanol–water partition coefficient (Wildman–Crippen LogP) is 3.86. The zero-order valence-electron chi connectivity index (χ0n) is 15.8. The molecule has 2 amide bonds. The molecule has 0 saturated carbocycles. The number of nitrogens with zero attached hydrogens (tertiary/aromatic N) is 3. The fourth-order valence-electron chi connectivity index (χ4n) is 3.40. The summed E-state index contributed by atoms with van der Waals surface area (Å²) in [5.41, 5.74) is 5.82. The molecule has 0 bridgehead atoms. The number of amides is 2. The summed E-state index contributed by atoms with van der Waals surface area (Å²) in [6, 6.07) is 7.26. The lowest BCUT2D eigenvalue weighted by Crippen LogP contribution is -2.43. The molecule has 2 heterocycles. The Morgan fingerprint density at radius 1 is 1.11 bits per heavy atom. The van der Waals surface area contributed by atoms with Crippen LogP contribution in [0.5, 0.6) is 0 Å². The fourth-order valence-corrected chi connectivity index (χ4v) is 3.89. The van der Waals surface area contributed by atoms with E-state index >= 15 is 0 Å². The van der Waals surface area contributed by atoms with Gasteiger partial charge in [-0.25, -0.2) is 5.43 Å². The van der Waals surface area contributed by atoms with E-state index in [4.69, 9.17) is 23.2 Å². The first-order valence-electron chi connectivity index (χ1n) is 9.15. The van der Waals surface area contributed by atoms with Crippen LogP contribution in [0.25, 0.3) is 5.69 Å². The van der Waals surface area contributed by atoms with Crippen LogP contribution < -0.4 is 5.43 Å². The molecule has 1 saturated heterocycles. The molecule has 1 aliphatic heterocycles. The number of benzene rings is 1. The second-order valence-electron chi connectivity index (χ2n) is 6.81. The number of rotatable bonds is 3. The van der Waals surface area contributed by atoms with Crippen LogP contribution in [0.1, 0.15) is 36.2 Å². The van der Waals surface area contributed by atoms with E-state index in [1.807, 2.05) is 30.5 Å². The van der Waals surface area contributed by atoms with Crippen LogP contribution in [-0.4, -0.2) is 40.6 Å². The summed E-state index contributed by atoms with van der Waals surface area (Å²) in [6.45, 7) is 5.13.